The van der Waals surface area contributed by atoms with Gasteiger partial charge in [-0.2, -0.15) is 0 Å². The molecule has 2 N–H and O–H groups in total. The second kappa shape index (κ2) is 9.53. The van der Waals surface area contributed by atoms with Crippen LogP contribution in [0.3, 0.4) is 0 Å². The van der Waals surface area contributed by atoms with E-state index in [2.05, 4.69) is 19.7 Å². The lowest BCUT2D eigenvalue weighted by Gasteiger charge is -2.46. The van der Waals surface area contributed by atoms with Crippen LogP contribution in [0, 0.1) is 17.6 Å². The molecule has 0 unspecified atom stereocenters. The number of nitrogens with two attached hydrogens (primary N) is 1. The van der Waals surface area contributed by atoms with E-state index in [1.807, 2.05) is 6.92 Å². The van der Waals surface area contributed by atoms with Gasteiger partial charge in [-0.25, -0.2) is 32.5 Å². The first-order valence-corrected chi connectivity index (χ1v) is 10.5. The van der Waals surface area contributed by atoms with Gasteiger partial charge in [0.15, 0.2) is 17.4 Å². The fourth-order valence-corrected chi connectivity index (χ4v) is 4.36. The van der Waals surface area contributed by atoms with Crippen LogP contribution in [-0.4, -0.2) is 54.1 Å². The molecule has 0 aliphatic carbocycles. The molecule has 2 aliphatic rings. The number of nitrogens with zero attached hydrogens (tertiary/aromatic N) is 3. The van der Waals surface area contributed by atoms with Crippen molar-refractivity contribution in [2.24, 2.45) is 16.6 Å². The zero-order valence-electron chi connectivity index (χ0n) is 18.1. The van der Waals surface area contributed by atoms with Crippen LogP contribution in [0.15, 0.2) is 29.5 Å². The Hall–Kier alpha value is -3.28. The molecule has 4 atom stereocenters. The lowest BCUT2D eigenvalue weighted by molar-refractivity contribution is -0.109. The Morgan fingerprint density at radius 2 is 2.06 bits per heavy atom. The molecule has 1 aromatic heterocycles. The number of fused-ring (bicyclic) bond motifs is 1. The van der Waals surface area contributed by atoms with Gasteiger partial charge < -0.3 is 19.9 Å². The molecule has 0 radical (unpaired) electrons. The Morgan fingerprint density at radius 1 is 1.26 bits per heavy atom. The van der Waals surface area contributed by atoms with E-state index >= 15 is 4.39 Å². The molecule has 0 bridgehead atoms. The van der Waals surface area contributed by atoms with Crippen molar-refractivity contribution in [1.29, 1.82) is 0 Å². The fraction of sp³-hybridized carbons (Fsp3) is 0.455. The molecule has 12 heteroatoms. The van der Waals surface area contributed by atoms with Crippen LogP contribution in [0.1, 0.15) is 35.0 Å². The maximum absolute atomic E-state index is 15.1. The number of alkyl halides is 2. The van der Waals surface area contributed by atoms with Crippen LogP contribution in [0.5, 0.6) is 5.88 Å². The summed E-state index contributed by atoms with van der Waals surface area (Å²) < 4.78 is 72.3. The highest BCUT2D eigenvalue weighted by Gasteiger charge is 2.53. The summed E-state index contributed by atoms with van der Waals surface area (Å²) in [5.74, 6) is -4.03. The highest BCUT2D eigenvalue weighted by atomic mass is 19.2. The summed E-state index contributed by atoms with van der Waals surface area (Å²) >= 11 is 0. The molecule has 0 amide bonds. The topological polar surface area (TPSA) is 109 Å². The molecule has 8 nitrogen and oxygen atoms in total. The number of carbonyl (C=O) groups excluding carboxylic acids is 1. The minimum absolute atomic E-state index is 0.000357. The number of aliphatic imine (C=N–C) groups is 1. The molecule has 182 valence electrons. The first-order valence-electron chi connectivity index (χ1n) is 10.5. The summed E-state index contributed by atoms with van der Waals surface area (Å²) in [6, 6.07) is 1.71. The van der Waals surface area contributed by atoms with Crippen molar-refractivity contribution < 1.29 is 36.6 Å². The smallest absolute Gasteiger partial charge is 0.283 e. The Kier molecular flexibility index (Phi) is 6.69. The summed E-state index contributed by atoms with van der Waals surface area (Å²) in [7, 11) is 0. The third-order valence-electron chi connectivity index (χ3n) is 6.01. The Morgan fingerprint density at radius 3 is 2.74 bits per heavy atom. The predicted molar refractivity (Wildman–Crippen MR) is 111 cm³/mol. The molecular weight excluding hydrogens is 460 g/mol. The molecule has 1 fully saturated rings. The van der Waals surface area contributed by atoms with Gasteiger partial charge in [-0.05, 0) is 24.6 Å². The lowest BCUT2D eigenvalue weighted by atomic mass is 9.73. The quantitative estimate of drug-likeness (QED) is 0.478. The van der Waals surface area contributed by atoms with Crippen LogP contribution in [-0.2, 0) is 21.4 Å². The normalized spacial score (nSPS) is 26.3. The molecule has 1 aromatic carbocycles. The van der Waals surface area contributed by atoms with Gasteiger partial charge in [-0.3, -0.25) is 4.79 Å². The van der Waals surface area contributed by atoms with Crippen molar-refractivity contribution in [2.75, 3.05) is 20.1 Å². The highest BCUT2D eigenvalue weighted by molar-refractivity contribution is 5.95. The molecule has 34 heavy (non-hydrogen) atoms. The fourth-order valence-electron chi connectivity index (χ4n) is 4.36. The first kappa shape index (κ1) is 23.9. The van der Waals surface area contributed by atoms with E-state index < -0.39 is 48.5 Å². The molecular formula is C22H22F4N4O4. The molecule has 4 rings (SSSR count). The molecule has 0 saturated carbocycles. The van der Waals surface area contributed by atoms with Gasteiger partial charge in [0.05, 0.1) is 31.0 Å². The Labute approximate surface area is 192 Å². The minimum Gasteiger partial charge on any atom is -0.462 e. The molecule has 1 saturated heterocycles. The number of rotatable bonds is 7. The van der Waals surface area contributed by atoms with Crippen molar-refractivity contribution in [1.82, 2.24) is 9.97 Å². The third-order valence-corrected chi connectivity index (χ3v) is 6.01. The summed E-state index contributed by atoms with van der Waals surface area (Å²) in [6.07, 6.45) is 1.31. The van der Waals surface area contributed by atoms with Gasteiger partial charge in [-0.1, -0.05) is 0 Å². The molecule has 0 spiro atoms. The monoisotopic (exact) mass is 482 g/mol. The van der Waals surface area contributed by atoms with Crippen molar-refractivity contribution in [3.8, 4) is 5.88 Å². The Balaban J connectivity index is 1.69. The highest BCUT2D eigenvalue weighted by Crippen LogP contribution is 2.45. The average Bonchev–Trinajstić information content (AvgIpc) is 2.81. The Bertz CT molecular complexity index is 1100. The SMILES string of the molecule is C[C@@H]1C[C@H]2OC(N)=N[C@](CF)(c3cc(CC(=O)c4cnc(OCF)cn4)cc(F)c3F)[C@H]2CO1. The average molecular weight is 482 g/mol. The van der Waals surface area contributed by atoms with Crippen molar-refractivity contribution >= 4 is 11.8 Å². The van der Waals surface area contributed by atoms with E-state index in [0.717, 1.165) is 18.5 Å². The maximum Gasteiger partial charge on any atom is 0.283 e. The first-order chi connectivity index (χ1) is 16.3. The van der Waals surface area contributed by atoms with Crippen LogP contribution in [0.4, 0.5) is 17.6 Å². The third kappa shape index (κ3) is 4.41. The van der Waals surface area contributed by atoms with Gasteiger partial charge in [0, 0.05) is 18.4 Å². The zero-order valence-corrected chi connectivity index (χ0v) is 18.1. The van der Waals surface area contributed by atoms with E-state index in [1.165, 1.54) is 6.07 Å². The number of hydrogen-bond acceptors (Lipinski definition) is 8. The predicted octanol–water partition coefficient (Wildman–Crippen LogP) is 2.79. The molecule has 2 aromatic rings. The van der Waals surface area contributed by atoms with Crippen molar-refractivity contribution in [3.05, 3.63) is 53.0 Å². The van der Waals surface area contributed by atoms with Crippen LogP contribution >= 0.6 is 0 Å². The standard InChI is InChI=1S/C22H22F4N4O4/c1-11-2-18-14(8-32-11)22(9-23,30-21(27)34-18)13-3-12(4-15(25)20(13)26)5-17(31)16-6-29-19(7-28-16)33-10-24/h3-4,6-7,11,14,18H,2,5,8-10H2,1H3,(H2,27,30)/t11-,14+,18-,22-/m1/s1. The summed E-state index contributed by atoms with van der Waals surface area (Å²) in [5, 5.41) is 0. The number of carbonyl (C=O) groups is 1. The van der Waals surface area contributed by atoms with Gasteiger partial charge in [0.1, 0.15) is 24.0 Å². The van der Waals surface area contributed by atoms with Gasteiger partial charge >= 0.3 is 0 Å². The zero-order chi connectivity index (χ0) is 24.5. The van der Waals surface area contributed by atoms with Gasteiger partial charge in [0.2, 0.25) is 12.7 Å². The van der Waals surface area contributed by atoms with E-state index in [0.29, 0.717) is 6.42 Å². The number of hydrogen-bond donors (Lipinski definition) is 1. The van der Waals surface area contributed by atoms with E-state index in [4.69, 9.17) is 15.2 Å². The number of amidine groups is 1. The van der Waals surface area contributed by atoms with Crippen molar-refractivity contribution in [3.63, 3.8) is 0 Å². The maximum atomic E-state index is 15.1. The van der Waals surface area contributed by atoms with E-state index in [1.54, 1.807) is 0 Å². The number of aromatic nitrogens is 2. The van der Waals surface area contributed by atoms with Crippen molar-refractivity contribution in [2.45, 2.75) is 37.5 Å². The molecule has 2 aliphatic heterocycles. The summed E-state index contributed by atoms with van der Waals surface area (Å²) in [5.41, 5.74) is 3.50. The van der Waals surface area contributed by atoms with Crippen LogP contribution < -0.4 is 10.5 Å². The van der Waals surface area contributed by atoms with E-state index in [-0.39, 0.29) is 47.9 Å². The number of ketones is 1. The second-order valence-corrected chi connectivity index (χ2v) is 8.18. The van der Waals surface area contributed by atoms with Crippen LogP contribution in [0.2, 0.25) is 0 Å². The van der Waals surface area contributed by atoms with Gasteiger partial charge in [-0.15, -0.1) is 0 Å². The lowest BCUT2D eigenvalue weighted by Crippen LogP contribution is -2.55. The second-order valence-electron chi connectivity index (χ2n) is 8.18. The minimum atomic E-state index is -1.89. The largest absolute Gasteiger partial charge is 0.462 e. The number of Topliss-reactive ketones (excluding diaryl/α,β-unsaturated/α-hetero) is 1. The summed E-state index contributed by atoms with van der Waals surface area (Å²) in [4.78, 5) is 24.3. The number of halogens is 4. The van der Waals surface area contributed by atoms with Crippen LogP contribution in [0.25, 0.3) is 0 Å². The summed E-state index contributed by atoms with van der Waals surface area (Å²) in [6.45, 7) is -0.491. The number of benzene rings is 1. The van der Waals surface area contributed by atoms with E-state index in [9.17, 15) is 18.0 Å². The van der Waals surface area contributed by atoms with Gasteiger partial charge in [0.25, 0.3) is 6.02 Å². The molecule has 3 heterocycles. The number of ether oxygens (including phenoxy) is 3.